The third kappa shape index (κ3) is 5.00. The molecule has 2 fully saturated rings. The largest absolute Gasteiger partial charge is 0.456 e. The number of piperidine rings is 1. The molecule has 0 aliphatic carbocycles. The van der Waals surface area contributed by atoms with Gasteiger partial charge in [0, 0.05) is 37.1 Å². The lowest BCUT2D eigenvalue weighted by atomic mass is 9.76. The van der Waals surface area contributed by atoms with E-state index in [4.69, 9.17) is 21.6 Å². The number of benzene rings is 2. The quantitative estimate of drug-likeness (QED) is 0.487. The number of hydrogen-bond acceptors (Lipinski definition) is 5. The summed E-state index contributed by atoms with van der Waals surface area (Å²) in [4.78, 5) is 16.8. The Morgan fingerprint density at radius 2 is 1.85 bits per heavy atom. The van der Waals surface area contributed by atoms with Crippen molar-refractivity contribution in [1.82, 2.24) is 0 Å². The molecular weight excluding hydrogens is 453 g/mol. The van der Waals surface area contributed by atoms with Gasteiger partial charge < -0.3 is 14.5 Å². The molecule has 5 nitrogen and oxygen atoms in total. The minimum Gasteiger partial charge on any atom is -0.456 e. The summed E-state index contributed by atoms with van der Waals surface area (Å²) in [5.41, 5.74) is 1.83. The van der Waals surface area contributed by atoms with E-state index >= 15 is 0 Å². The lowest BCUT2D eigenvalue weighted by Crippen LogP contribution is -2.41. The van der Waals surface area contributed by atoms with Gasteiger partial charge in [-0.1, -0.05) is 11.6 Å². The maximum absolute atomic E-state index is 14.7. The lowest BCUT2D eigenvalue weighted by Gasteiger charge is -2.40. The Hall–Kier alpha value is -2.78. The first-order valence-corrected chi connectivity index (χ1v) is 12.1. The van der Waals surface area contributed by atoms with Gasteiger partial charge in [0.1, 0.15) is 17.5 Å². The van der Waals surface area contributed by atoms with Crippen molar-refractivity contribution in [2.45, 2.75) is 58.6 Å². The van der Waals surface area contributed by atoms with Crippen LogP contribution in [0.4, 0.5) is 15.8 Å². The second kappa shape index (κ2) is 9.11. The normalized spacial score (nSPS) is 19.9. The van der Waals surface area contributed by atoms with Gasteiger partial charge in [-0.3, -0.25) is 0 Å². The molecule has 2 aromatic rings. The molecule has 2 aliphatic rings. The molecule has 0 bridgehead atoms. The van der Waals surface area contributed by atoms with Crippen LogP contribution in [0.25, 0.3) is 0 Å². The topological polar surface area (TPSA) is 56.6 Å². The zero-order valence-electron chi connectivity index (χ0n) is 20.2. The summed E-state index contributed by atoms with van der Waals surface area (Å²) in [5.74, 6) is -1.19. The minimum absolute atomic E-state index is 0.0338. The second-order valence-corrected chi connectivity index (χ2v) is 11.0. The van der Waals surface area contributed by atoms with Crippen LogP contribution in [-0.2, 0) is 4.74 Å². The van der Waals surface area contributed by atoms with Crippen LogP contribution in [0.15, 0.2) is 36.4 Å². The van der Waals surface area contributed by atoms with E-state index in [0.29, 0.717) is 16.6 Å². The Morgan fingerprint density at radius 3 is 2.44 bits per heavy atom. The number of rotatable bonds is 3. The fourth-order valence-corrected chi connectivity index (χ4v) is 5.46. The van der Waals surface area contributed by atoms with Crippen molar-refractivity contribution in [3.8, 4) is 6.07 Å². The lowest BCUT2D eigenvalue weighted by molar-refractivity contribution is 0.00647. The molecule has 0 radical (unpaired) electrons. The molecule has 0 saturated carbocycles. The second-order valence-electron chi connectivity index (χ2n) is 10.6. The number of carbonyl (C=O) groups is 1. The molecule has 2 aromatic carbocycles. The van der Waals surface area contributed by atoms with E-state index < -0.39 is 17.4 Å². The first kappa shape index (κ1) is 24.3. The number of nitrogens with zero attached hydrogens (tertiary/aromatic N) is 3. The molecule has 2 saturated heterocycles. The van der Waals surface area contributed by atoms with Crippen LogP contribution in [0, 0.1) is 22.6 Å². The van der Waals surface area contributed by atoms with Gasteiger partial charge in [0.15, 0.2) is 0 Å². The predicted octanol–water partition coefficient (Wildman–Crippen LogP) is 6.19. The molecule has 7 heteroatoms. The monoisotopic (exact) mass is 483 g/mol. The van der Waals surface area contributed by atoms with E-state index in [1.165, 1.54) is 12.1 Å². The van der Waals surface area contributed by atoms with Crippen LogP contribution in [0.1, 0.15) is 62.9 Å². The highest BCUT2D eigenvalue weighted by Crippen LogP contribution is 2.46. The van der Waals surface area contributed by atoms with Crippen molar-refractivity contribution >= 4 is 28.9 Å². The van der Waals surface area contributed by atoms with E-state index in [1.54, 1.807) is 26.8 Å². The third-order valence-corrected chi connectivity index (χ3v) is 7.24. The van der Waals surface area contributed by atoms with Gasteiger partial charge in [-0.2, -0.15) is 5.26 Å². The number of anilines is 2. The summed E-state index contributed by atoms with van der Waals surface area (Å²) in [6, 6.07) is 12.9. The van der Waals surface area contributed by atoms with Crippen molar-refractivity contribution in [3.63, 3.8) is 0 Å². The summed E-state index contributed by atoms with van der Waals surface area (Å²) in [7, 11) is 0. The highest BCUT2D eigenvalue weighted by molar-refractivity contribution is 6.32. The summed E-state index contributed by atoms with van der Waals surface area (Å²) >= 11 is 6.28. The Bertz CT molecular complexity index is 1130. The number of ether oxygens (including phenoxy) is 1. The molecule has 2 aliphatic heterocycles. The number of hydrogen-bond donors (Lipinski definition) is 0. The third-order valence-electron chi connectivity index (χ3n) is 6.93. The molecule has 4 rings (SSSR count). The Kier molecular flexibility index (Phi) is 6.52. The van der Waals surface area contributed by atoms with Crippen LogP contribution in [-0.4, -0.2) is 37.2 Å². The zero-order valence-corrected chi connectivity index (χ0v) is 21.0. The van der Waals surface area contributed by atoms with Crippen molar-refractivity contribution in [2.75, 3.05) is 29.4 Å². The van der Waals surface area contributed by atoms with E-state index in [9.17, 15) is 9.18 Å². The summed E-state index contributed by atoms with van der Waals surface area (Å²) in [5, 5.41) is 9.64. The van der Waals surface area contributed by atoms with Gasteiger partial charge in [0.2, 0.25) is 0 Å². The maximum atomic E-state index is 14.7. The van der Waals surface area contributed by atoms with Gasteiger partial charge in [-0.25, -0.2) is 9.18 Å². The molecule has 0 N–H and O–H groups in total. The standard InChI is InChI=1S/C27H31ClFN3O2/c1-18-15-27(17-32(18)21-6-5-19(16-30)23(28)13-21)9-11-31(12-10-27)20-7-8-22(24(29)14-20)25(33)34-26(2,3)4/h5-8,13-14,18H,9-12,15,17H2,1-4H3/t18-/m0/s1. The van der Waals surface area contributed by atoms with E-state index in [-0.39, 0.29) is 11.0 Å². The fraction of sp³-hybridized carbons (Fsp3) is 0.481. The molecule has 0 amide bonds. The zero-order chi connectivity index (χ0) is 24.7. The highest BCUT2D eigenvalue weighted by Gasteiger charge is 2.44. The number of esters is 1. The van der Waals surface area contributed by atoms with E-state index in [1.807, 2.05) is 18.2 Å². The van der Waals surface area contributed by atoms with Gasteiger partial charge in [0.25, 0.3) is 0 Å². The van der Waals surface area contributed by atoms with Gasteiger partial charge in [-0.05, 0) is 88.8 Å². The average molecular weight is 484 g/mol. The molecule has 180 valence electrons. The van der Waals surface area contributed by atoms with Gasteiger partial charge in [0.05, 0.1) is 16.1 Å². The molecule has 1 spiro atoms. The first-order chi connectivity index (χ1) is 16.0. The van der Waals surface area contributed by atoms with Crippen molar-refractivity contribution in [3.05, 3.63) is 58.4 Å². The van der Waals surface area contributed by atoms with E-state index in [0.717, 1.165) is 50.3 Å². The minimum atomic E-state index is -0.668. The van der Waals surface area contributed by atoms with Crippen LogP contribution in [0.5, 0.6) is 0 Å². The maximum Gasteiger partial charge on any atom is 0.341 e. The Labute approximate surface area is 206 Å². The van der Waals surface area contributed by atoms with Gasteiger partial charge in [-0.15, -0.1) is 0 Å². The highest BCUT2D eigenvalue weighted by atomic mass is 35.5. The van der Waals surface area contributed by atoms with Crippen LogP contribution < -0.4 is 9.80 Å². The average Bonchev–Trinajstić information content (AvgIpc) is 3.08. The molecular formula is C27H31ClFN3O2. The molecule has 0 aromatic heterocycles. The van der Waals surface area contributed by atoms with E-state index in [2.05, 4.69) is 22.8 Å². The van der Waals surface area contributed by atoms with Crippen LogP contribution in [0.2, 0.25) is 5.02 Å². The predicted molar refractivity (Wildman–Crippen MR) is 133 cm³/mol. The summed E-state index contributed by atoms with van der Waals surface area (Å²) in [6.07, 6.45) is 3.10. The van der Waals surface area contributed by atoms with Gasteiger partial charge >= 0.3 is 5.97 Å². The molecule has 34 heavy (non-hydrogen) atoms. The molecule has 1 atom stereocenters. The smallest absolute Gasteiger partial charge is 0.341 e. The van der Waals surface area contributed by atoms with Crippen LogP contribution >= 0.6 is 11.6 Å². The summed E-state index contributed by atoms with van der Waals surface area (Å²) in [6.45, 7) is 10.1. The Morgan fingerprint density at radius 1 is 1.18 bits per heavy atom. The first-order valence-electron chi connectivity index (χ1n) is 11.7. The number of halogens is 2. The number of carbonyl (C=O) groups excluding carboxylic acids is 1. The van der Waals surface area contributed by atoms with Crippen molar-refractivity contribution in [1.29, 1.82) is 5.26 Å². The fourth-order valence-electron chi connectivity index (χ4n) is 5.24. The summed E-state index contributed by atoms with van der Waals surface area (Å²) < 4.78 is 20.0. The molecule has 2 heterocycles. The Balaban J connectivity index is 1.42. The SMILES string of the molecule is C[C@H]1CC2(CCN(c3ccc(C(=O)OC(C)(C)C)c(F)c3)CC2)CN1c1ccc(C#N)c(Cl)c1. The van der Waals surface area contributed by atoms with Crippen molar-refractivity contribution < 1.29 is 13.9 Å². The van der Waals surface area contributed by atoms with Crippen LogP contribution in [0.3, 0.4) is 0 Å². The molecule has 0 unspecified atom stereocenters. The van der Waals surface area contributed by atoms with Crippen molar-refractivity contribution in [2.24, 2.45) is 5.41 Å². The number of nitriles is 1.